The molecule has 0 aliphatic heterocycles. The summed E-state index contributed by atoms with van der Waals surface area (Å²) in [6.07, 6.45) is 7.57. The average molecular weight is 442 g/mol. The van der Waals surface area contributed by atoms with E-state index in [1.807, 2.05) is 68.6 Å². The van der Waals surface area contributed by atoms with E-state index in [4.69, 9.17) is 8.92 Å². The van der Waals surface area contributed by atoms with Gasteiger partial charge in [-0.25, -0.2) is 0 Å². The summed E-state index contributed by atoms with van der Waals surface area (Å²) < 4.78 is 33.4. The summed E-state index contributed by atoms with van der Waals surface area (Å²) in [5, 5.41) is 0. The number of likely N-dealkylation sites (N-methyl/N-ethyl adjacent to an activating group) is 1. The van der Waals surface area contributed by atoms with Crippen LogP contribution in [-0.4, -0.2) is 28.3 Å². The van der Waals surface area contributed by atoms with Crippen molar-refractivity contribution in [3.8, 4) is 5.75 Å². The highest BCUT2D eigenvalue weighted by Gasteiger charge is 2.25. The zero-order valence-electron chi connectivity index (χ0n) is 18.6. The van der Waals surface area contributed by atoms with Crippen molar-refractivity contribution in [2.45, 2.75) is 20.5 Å². The van der Waals surface area contributed by atoms with Gasteiger partial charge in [0.2, 0.25) is 0 Å². The van der Waals surface area contributed by atoms with Crippen molar-refractivity contribution in [2.75, 3.05) is 24.8 Å². The Morgan fingerprint density at radius 2 is 1.74 bits per heavy atom. The summed E-state index contributed by atoms with van der Waals surface area (Å²) in [5.41, 5.74) is 3.32. The average Bonchev–Trinajstić information content (AvgIpc) is 2.76. The van der Waals surface area contributed by atoms with Crippen LogP contribution in [0.2, 0.25) is 0 Å². The van der Waals surface area contributed by atoms with E-state index in [9.17, 15) is 8.42 Å². The second kappa shape index (κ2) is 10.2. The Morgan fingerprint density at radius 3 is 2.35 bits per heavy atom. The molecule has 0 fully saturated rings. The topological polar surface area (TPSA) is 55.8 Å². The van der Waals surface area contributed by atoms with E-state index in [0.717, 1.165) is 29.0 Å². The Hall–Kier alpha value is -2.57. The summed E-state index contributed by atoms with van der Waals surface area (Å²) in [4.78, 5) is 2.14. The van der Waals surface area contributed by atoms with Crippen LogP contribution in [0, 0.1) is 17.8 Å². The lowest BCUT2D eigenvalue weighted by Gasteiger charge is -2.31. The number of allylic oxidation sites excluding steroid dienone is 3. The molecule has 5 nitrogen and oxygen atoms in total. The van der Waals surface area contributed by atoms with Gasteiger partial charge in [0, 0.05) is 18.4 Å². The number of nitrogens with zero attached hydrogens (tertiary/aromatic N) is 1. The zero-order valence-corrected chi connectivity index (χ0v) is 19.4. The number of hydrogen-bond acceptors (Lipinski definition) is 5. The van der Waals surface area contributed by atoms with Crippen LogP contribution in [0.4, 0.5) is 5.69 Å². The standard InChI is InChI=1S/C25H31NO4S/c1-19-16-23(12-15-25(19)20(2)17-30-31(4,27)28)26(3)22-10-13-24(14-11-22)29-18-21-8-6-5-7-9-21/h5-16,19-20,25H,17-18H2,1-4H3. The molecule has 1 aliphatic carbocycles. The molecule has 0 saturated heterocycles. The van der Waals surface area contributed by atoms with Crippen molar-refractivity contribution in [3.63, 3.8) is 0 Å². The van der Waals surface area contributed by atoms with Crippen LogP contribution in [-0.2, 0) is 20.9 Å². The first-order valence-corrected chi connectivity index (χ1v) is 12.3. The summed E-state index contributed by atoms with van der Waals surface area (Å²) in [7, 11) is -1.38. The van der Waals surface area contributed by atoms with E-state index in [1.165, 1.54) is 0 Å². The van der Waals surface area contributed by atoms with Crippen molar-refractivity contribution >= 4 is 15.8 Å². The van der Waals surface area contributed by atoms with E-state index < -0.39 is 10.1 Å². The van der Waals surface area contributed by atoms with Gasteiger partial charge in [-0.3, -0.25) is 4.18 Å². The maximum absolute atomic E-state index is 11.3. The Kier molecular flexibility index (Phi) is 7.57. The molecule has 3 rings (SSSR count). The molecule has 3 unspecified atom stereocenters. The lowest BCUT2D eigenvalue weighted by Crippen LogP contribution is -2.26. The molecule has 0 N–H and O–H groups in total. The predicted molar refractivity (Wildman–Crippen MR) is 125 cm³/mol. The molecule has 2 aromatic carbocycles. The minimum absolute atomic E-state index is 0.102. The first-order valence-electron chi connectivity index (χ1n) is 10.5. The van der Waals surface area contributed by atoms with Crippen LogP contribution in [0.15, 0.2) is 78.5 Å². The van der Waals surface area contributed by atoms with Gasteiger partial charge in [0.05, 0.1) is 12.9 Å². The van der Waals surface area contributed by atoms with Crippen molar-refractivity contribution in [2.24, 2.45) is 17.8 Å². The van der Waals surface area contributed by atoms with Gasteiger partial charge in [-0.1, -0.05) is 56.3 Å². The Morgan fingerprint density at radius 1 is 1.06 bits per heavy atom. The fourth-order valence-electron chi connectivity index (χ4n) is 3.75. The van der Waals surface area contributed by atoms with Gasteiger partial charge in [0.25, 0.3) is 10.1 Å². The molecular weight excluding hydrogens is 410 g/mol. The summed E-state index contributed by atoms with van der Waals surface area (Å²) in [6.45, 7) is 4.92. The number of ether oxygens (including phenoxy) is 1. The van der Waals surface area contributed by atoms with Gasteiger partial charge in [-0.15, -0.1) is 0 Å². The second-order valence-electron chi connectivity index (χ2n) is 8.18. The number of hydrogen-bond donors (Lipinski definition) is 0. The maximum atomic E-state index is 11.3. The monoisotopic (exact) mass is 441 g/mol. The summed E-state index contributed by atoms with van der Waals surface area (Å²) >= 11 is 0. The molecule has 6 heteroatoms. The molecule has 3 atom stereocenters. The van der Waals surface area contributed by atoms with Crippen LogP contribution in [0.5, 0.6) is 5.75 Å². The van der Waals surface area contributed by atoms with E-state index in [1.54, 1.807) is 0 Å². The van der Waals surface area contributed by atoms with Crippen molar-refractivity contribution in [3.05, 3.63) is 84.1 Å². The largest absolute Gasteiger partial charge is 0.489 e. The third kappa shape index (κ3) is 6.71. The second-order valence-corrected chi connectivity index (χ2v) is 9.82. The molecule has 166 valence electrons. The first-order chi connectivity index (χ1) is 14.7. The van der Waals surface area contributed by atoms with Gasteiger partial charge in [-0.2, -0.15) is 8.42 Å². The lowest BCUT2D eigenvalue weighted by atomic mass is 9.80. The van der Waals surface area contributed by atoms with Gasteiger partial charge < -0.3 is 9.64 Å². The maximum Gasteiger partial charge on any atom is 0.264 e. The molecule has 0 saturated carbocycles. The van der Waals surface area contributed by atoms with Crippen LogP contribution in [0.3, 0.4) is 0 Å². The van der Waals surface area contributed by atoms with Crippen LogP contribution < -0.4 is 9.64 Å². The quantitative estimate of drug-likeness (QED) is 0.512. The van der Waals surface area contributed by atoms with Gasteiger partial charge in [0.1, 0.15) is 12.4 Å². The Labute approximate surface area is 186 Å². The number of anilines is 1. The minimum atomic E-state index is -3.42. The summed E-state index contributed by atoms with van der Waals surface area (Å²) in [5.74, 6) is 1.44. The van der Waals surface area contributed by atoms with E-state index >= 15 is 0 Å². The lowest BCUT2D eigenvalue weighted by molar-refractivity contribution is 0.215. The third-order valence-corrected chi connectivity index (χ3v) is 6.16. The SMILES string of the molecule is CC1C=C(N(C)c2ccc(OCc3ccccc3)cc2)C=CC1C(C)COS(C)(=O)=O. The smallest absolute Gasteiger partial charge is 0.264 e. The molecule has 31 heavy (non-hydrogen) atoms. The van der Waals surface area contributed by atoms with Crippen LogP contribution in [0.1, 0.15) is 19.4 Å². The summed E-state index contributed by atoms with van der Waals surface area (Å²) in [6, 6.07) is 18.2. The molecule has 0 aromatic heterocycles. The highest BCUT2D eigenvalue weighted by Crippen LogP contribution is 2.32. The molecule has 0 heterocycles. The van der Waals surface area contributed by atoms with E-state index in [-0.39, 0.29) is 24.4 Å². The first kappa shape index (κ1) is 23.1. The van der Waals surface area contributed by atoms with Gasteiger partial charge in [-0.05, 0) is 53.7 Å². The van der Waals surface area contributed by atoms with Gasteiger partial charge in [0.15, 0.2) is 0 Å². The fraction of sp³-hybridized carbons (Fsp3) is 0.360. The van der Waals surface area contributed by atoms with Crippen molar-refractivity contribution in [1.29, 1.82) is 0 Å². The van der Waals surface area contributed by atoms with Gasteiger partial charge >= 0.3 is 0 Å². The Bertz CT molecular complexity index is 1010. The highest BCUT2D eigenvalue weighted by molar-refractivity contribution is 7.85. The third-order valence-electron chi connectivity index (χ3n) is 5.59. The van der Waals surface area contributed by atoms with Crippen molar-refractivity contribution < 1.29 is 17.3 Å². The molecule has 0 radical (unpaired) electrons. The van der Waals surface area contributed by atoms with E-state index in [0.29, 0.717) is 6.61 Å². The highest BCUT2D eigenvalue weighted by atomic mass is 32.2. The zero-order chi connectivity index (χ0) is 22.4. The molecule has 0 amide bonds. The van der Waals surface area contributed by atoms with Crippen LogP contribution in [0.25, 0.3) is 0 Å². The predicted octanol–water partition coefficient (Wildman–Crippen LogP) is 5.02. The molecule has 0 bridgehead atoms. The fourth-order valence-corrected chi connectivity index (χ4v) is 4.21. The molecule has 0 spiro atoms. The van der Waals surface area contributed by atoms with Crippen LogP contribution >= 0.6 is 0 Å². The van der Waals surface area contributed by atoms with E-state index in [2.05, 4.69) is 30.1 Å². The normalized spacial score (nSPS) is 19.5. The molecule has 2 aromatic rings. The Balaban J connectivity index is 1.58. The number of benzene rings is 2. The number of rotatable bonds is 9. The van der Waals surface area contributed by atoms with Crippen molar-refractivity contribution in [1.82, 2.24) is 0 Å². The molecular formula is C25H31NO4S. The molecule has 1 aliphatic rings. The minimum Gasteiger partial charge on any atom is -0.489 e.